The Bertz CT molecular complexity index is 525. The van der Waals surface area contributed by atoms with Gasteiger partial charge in [0.25, 0.3) is 0 Å². The Kier molecular flexibility index (Phi) is 3.92. The van der Waals surface area contributed by atoms with Gasteiger partial charge in [-0.2, -0.15) is 0 Å². The summed E-state index contributed by atoms with van der Waals surface area (Å²) in [6.45, 7) is 6.02. The van der Waals surface area contributed by atoms with Crippen molar-refractivity contribution in [1.82, 2.24) is 10.1 Å². The fraction of sp³-hybridized carbons (Fsp3) is 0.562. The van der Waals surface area contributed by atoms with Crippen LogP contribution in [0.1, 0.15) is 54.5 Å². The van der Waals surface area contributed by atoms with Gasteiger partial charge in [-0.05, 0) is 45.4 Å². The van der Waals surface area contributed by atoms with Crippen LogP contribution < -0.4 is 0 Å². The summed E-state index contributed by atoms with van der Waals surface area (Å²) in [7, 11) is 0. The monoisotopic (exact) mass is 274 g/mol. The average Bonchev–Trinajstić information content (AvgIpc) is 3.00. The molecule has 0 bridgehead atoms. The zero-order chi connectivity index (χ0) is 13.9. The number of furan rings is 1. The number of aromatic nitrogens is 1. The SMILES string of the molecule is Cc1noc(C)c1CN1CCCCCC1c1ccco1. The fourth-order valence-electron chi connectivity index (χ4n) is 3.09. The molecule has 3 heterocycles. The van der Waals surface area contributed by atoms with Gasteiger partial charge in [0.1, 0.15) is 11.5 Å². The lowest BCUT2D eigenvalue weighted by atomic mass is 10.1. The Morgan fingerprint density at radius 3 is 2.90 bits per heavy atom. The smallest absolute Gasteiger partial charge is 0.138 e. The first kappa shape index (κ1) is 13.4. The minimum Gasteiger partial charge on any atom is -0.468 e. The maximum atomic E-state index is 5.66. The van der Waals surface area contributed by atoms with Crippen LogP contribution in [-0.2, 0) is 6.54 Å². The van der Waals surface area contributed by atoms with Gasteiger partial charge in [-0.1, -0.05) is 18.0 Å². The van der Waals surface area contributed by atoms with E-state index in [4.69, 9.17) is 8.94 Å². The minimum atomic E-state index is 0.376. The van der Waals surface area contributed by atoms with Gasteiger partial charge in [0.2, 0.25) is 0 Å². The van der Waals surface area contributed by atoms with Crippen molar-refractivity contribution in [3.63, 3.8) is 0 Å². The van der Waals surface area contributed by atoms with E-state index < -0.39 is 0 Å². The van der Waals surface area contributed by atoms with Crippen molar-refractivity contribution in [2.75, 3.05) is 6.54 Å². The molecule has 1 aliphatic rings. The molecule has 0 saturated carbocycles. The van der Waals surface area contributed by atoms with E-state index in [1.807, 2.05) is 19.9 Å². The van der Waals surface area contributed by atoms with Crippen LogP contribution in [0, 0.1) is 13.8 Å². The molecule has 1 aliphatic heterocycles. The Balaban J connectivity index is 1.84. The van der Waals surface area contributed by atoms with E-state index in [0.717, 1.165) is 36.7 Å². The van der Waals surface area contributed by atoms with Crippen LogP contribution in [0.5, 0.6) is 0 Å². The Hall–Kier alpha value is -1.55. The van der Waals surface area contributed by atoms with Gasteiger partial charge >= 0.3 is 0 Å². The van der Waals surface area contributed by atoms with E-state index in [-0.39, 0.29) is 0 Å². The molecule has 3 rings (SSSR count). The Morgan fingerprint density at radius 1 is 1.30 bits per heavy atom. The third-order valence-corrected chi connectivity index (χ3v) is 4.28. The number of hydrogen-bond acceptors (Lipinski definition) is 4. The largest absolute Gasteiger partial charge is 0.468 e. The minimum absolute atomic E-state index is 0.376. The van der Waals surface area contributed by atoms with Gasteiger partial charge in [0, 0.05) is 12.1 Å². The molecule has 2 aromatic heterocycles. The van der Waals surface area contributed by atoms with E-state index >= 15 is 0 Å². The van der Waals surface area contributed by atoms with Gasteiger partial charge in [-0.3, -0.25) is 4.90 Å². The molecule has 0 spiro atoms. The molecule has 1 fully saturated rings. The first-order valence-electron chi connectivity index (χ1n) is 7.45. The maximum absolute atomic E-state index is 5.66. The zero-order valence-electron chi connectivity index (χ0n) is 12.3. The van der Waals surface area contributed by atoms with Gasteiger partial charge in [-0.15, -0.1) is 0 Å². The van der Waals surface area contributed by atoms with E-state index in [9.17, 15) is 0 Å². The quantitative estimate of drug-likeness (QED) is 0.848. The number of likely N-dealkylation sites (tertiary alicyclic amines) is 1. The highest BCUT2D eigenvalue weighted by molar-refractivity contribution is 5.21. The lowest BCUT2D eigenvalue weighted by molar-refractivity contribution is 0.168. The summed E-state index contributed by atoms with van der Waals surface area (Å²) < 4.78 is 11.0. The van der Waals surface area contributed by atoms with Crippen LogP contribution in [-0.4, -0.2) is 16.6 Å². The molecule has 0 aromatic carbocycles. The van der Waals surface area contributed by atoms with Crippen LogP contribution in [0.25, 0.3) is 0 Å². The Morgan fingerprint density at radius 2 is 2.20 bits per heavy atom. The highest BCUT2D eigenvalue weighted by Gasteiger charge is 2.26. The fourth-order valence-corrected chi connectivity index (χ4v) is 3.09. The van der Waals surface area contributed by atoms with Crippen molar-refractivity contribution in [3.8, 4) is 0 Å². The molecule has 0 N–H and O–H groups in total. The second kappa shape index (κ2) is 5.83. The molecule has 20 heavy (non-hydrogen) atoms. The van der Waals surface area contributed by atoms with Crippen molar-refractivity contribution in [2.45, 2.75) is 52.1 Å². The molecule has 1 unspecified atom stereocenters. The van der Waals surface area contributed by atoms with E-state index in [0.29, 0.717) is 6.04 Å². The first-order valence-corrected chi connectivity index (χ1v) is 7.45. The standard InChI is InChI=1S/C16H22N2O2/c1-12-14(13(2)20-17-12)11-18-9-5-3-4-7-15(18)16-8-6-10-19-16/h6,8,10,15H,3-5,7,9,11H2,1-2H3. The van der Waals surface area contributed by atoms with Gasteiger partial charge < -0.3 is 8.94 Å². The second-order valence-electron chi connectivity index (χ2n) is 5.65. The molecular weight excluding hydrogens is 252 g/mol. The van der Waals surface area contributed by atoms with Crippen LogP contribution in [0.15, 0.2) is 27.3 Å². The third-order valence-electron chi connectivity index (χ3n) is 4.28. The van der Waals surface area contributed by atoms with Gasteiger partial charge in [0.05, 0.1) is 18.0 Å². The van der Waals surface area contributed by atoms with Crippen molar-refractivity contribution in [2.24, 2.45) is 0 Å². The van der Waals surface area contributed by atoms with Crippen LogP contribution in [0.3, 0.4) is 0 Å². The van der Waals surface area contributed by atoms with Crippen LogP contribution in [0.2, 0.25) is 0 Å². The van der Waals surface area contributed by atoms with Crippen LogP contribution in [0.4, 0.5) is 0 Å². The number of aryl methyl sites for hydroxylation is 2. The predicted octanol–water partition coefficient (Wildman–Crippen LogP) is 4.00. The van der Waals surface area contributed by atoms with Gasteiger partial charge in [0.15, 0.2) is 0 Å². The second-order valence-corrected chi connectivity index (χ2v) is 5.65. The maximum Gasteiger partial charge on any atom is 0.138 e. The predicted molar refractivity (Wildman–Crippen MR) is 76.3 cm³/mol. The molecule has 108 valence electrons. The lowest BCUT2D eigenvalue weighted by Gasteiger charge is -2.28. The summed E-state index contributed by atoms with van der Waals surface area (Å²) in [6.07, 6.45) is 6.75. The molecule has 1 saturated heterocycles. The van der Waals surface area contributed by atoms with Crippen molar-refractivity contribution < 1.29 is 8.94 Å². The third kappa shape index (κ3) is 2.66. The normalized spacial score (nSPS) is 21.0. The van der Waals surface area contributed by atoms with Gasteiger partial charge in [-0.25, -0.2) is 0 Å². The zero-order valence-corrected chi connectivity index (χ0v) is 12.3. The molecule has 0 aliphatic carbocycles. The summed E-state index contributed by atoms with van der Waals surface area (Å²) >= 11 is 0. The van der Waals surface area contributed by atoms with E-state index in [1.54, 1.807) is 6.26 Å². The van der Waals surface area contributed by atoms with E-state index in [1.165, 1.54) is 24.8 Å². The van der Waals surface area contributed by atoms with Crippen molar-refractivity contribution in [3.05, 3.63) is 41.2 Å². The lowest BCUT2D eigenvalue weighted by Crippen LogP contribution is -2.28. The number of nitrogens with zero attached hydrogens (tertiary/aromatic N) is 2. The molecule has 0 radical (unpaired) electrons. The summed E-state index contributed by atoms with van der Waals surface area (Å²) in [5, 5.41) is 4.07. The summed E-state index contributed by atoms with van der Waals surface area (Å²) in [4.78, 5) is 2.51. The first-order chi connectivity index (χ1) is 9.75. The Labute approximate surface area is 119 Å². The van der Waals surface area contributed by atoms with Crippen LogP contribution >= 0.6 is 0 Å². The average molecular weight is 274 g/mol. The summed E-state index contributed by atoms with van der Waals surface area (Å²) in [6, 6.07) is 4.45. The highest BCUT2D eigenvalue weighted by Crippen LogP contribution is 2.32. The van der Waals surface area contributed by atoms with E-state index in [2.05, 4.69) is 16.1 Å². The summed E-state index contributed by atoms with van der Waals surface area (Å²) in [5.41, 5.74) is 2.23. The molecule has 4 nitrogen and oxygen atoms in total. The topological polar surface area (TPSA) is 42.4 Å². The molecule has 2 aromatic rings. The van der Waals surface area contributed by atoms with Crippen molar-refractivity contribution >= 4 is 0 Å². The molecule has 4 heteroatoms. The highest BCUT2D eigenvalue weighted by atomic mass is 16.5. The number of hydrogen-bond donors (Lipinski definition) is 0. The molecule has 0 amide bonds. The molecule has 1 atom stereocenters. The van der Waals surface area contributed by atoms with Crippen molar-refractivity contribution in [1.29, 1.82) is 0 Å². The summed E-state index contributed by atoms with van der Waals surface area (Å²) in [5.74, 6) is 2.02. The molecular formula is C16H22N2O2. The number of rotatable bonds is 3.